The van der Waals surface area contributed by atoms with E-state index in [-0.39, 0.29) is 11.2 Å². The van der Waals surface area contributed by atoms with Crippen LogP contribution in [0.5, 0.6) is 0 Å². The van der Waals surface area contributed by atoms with E-state index >= 15 is 0 Å². The minimum absolute atomic E-state index is 0.0945. The van der Waals surface area contributed by atoms with Gasteiger partial charge in [-0.05, 0) is 55.5 Å². The van der Waals surface area contributed by atoms with Crippen LogP contribution >= 0.6 is 23.5 Å². The van der Waals surface area contributed by atoms with Crippen LogP contribution in [0, 0.1) is 0 Å². The molecule has 22 heavy (non-hydrogen) atoms. The van der Waals surface area contributed by atoms with Gasteiger partial charge in [0.1, 0.15) is 5.25 Å². The summed E-state index contributed by atoms with van der Waals surface area (Å²) in [4.78, 5) is 12.2. The third-order valence-electron chi connectivity index (χ3n) is 3.49. The van der Waals surface area contributed by atoms with Gasteiger partial charge < -0.3 is 5.32 Å². The number of rotatable bonds is 6. The van der Waals surface area contributed by atoms with Crippen LogP contribution in [0.15, 0.2) is 36.7 Å². The summed E-state index contributed by atoms with van der Waals surface area (Å²) in [5.74, 6) is 0.121. The summed E-state index contributed by atoms with van der Waals surface area (Å²) in [5.41, 5.74) is 4.20. The van der Waals surface area contributed by atoms with Crippen LogP contribution < -0.4 is 15.9 Å². The van der Waals surface area contributed by atoms with E-state index in [9.17, 15) is 4.79 Å². The van der Waals surface area contributed by atoms with Crippen molar-refractivity contribution < 1.29 is 4.79 Å². The number of amides is 1. The third kappa shape index (κ3) is 3.88. The lowest BCUT2D eigenvalue weighted by molar-refractivity contribution is -0.120. The summed E-state index contributed by atoms with van der Waals surface area (Å²) in [6.45, 7) is 2.03. The van der Waals surface area contributed by atoms with Gasteiger partial charge in [-0.3, -0.25) is 9.80 Å². The summed E-state index contributed by atoms with van der Waals surface area (Å²) in [5, 5.41) is 5.56. The first-order chi connectivity index (χ1) is 10.7. The Balaban J connectivity index is 1.54. The molecule has 0 spiro atoms. The average Bonchev–Trinajstić information content (AvgIpc) is 3.21. The number of carbonyl (C=O) groups is 1. The number of nitrogens with zero attached hydrogens (tertiary/aromatic N) is 2. The molecule has 0 radical (unpaired) electrons. The van der Waals surface area contributed by atoms with Gasteiger partial charge in [0.05, 0.1) is 5.69 Å². The van der Waals surface area contributed by atoms with Crippen molar-refractivity contribution in [1.29, 1.82) is 0 Å². The Bertz CT molecular complexity index is 561. The molecule has 1 saturated carbocycles. The van der Waals surface area contributed by atoms with Crippen LogP contribution in [-0.2, 0) is 4.79 Å². The molecule has 1 aliphatic heterocycles. The number of hydrogen-bond acceptors (Lipinski definition) is 5. The minimum Gasteiger partial charge on any atom is -0.352 e. The smallest absolute Gasteiger partial charge is 0.235 e. The molecule has 0 saturated heterocycles. The number of hydrazine groups is 2. The normalized spacial score (nSPS) is 18.6. The van der Waals surface area contributed by atoms with Crippen molar-refractivity contribution >= 4 is 35.1 Å². The molecule has 1 amide bonds. The van der Waals surface area contributed by atoms with Crippen LogP contribution in [0.25, 0.3) is 0 Å². The lowest BCUT2D eigenvalue weighted by Gasteiger charge is -2.24. The number of anilines is 1. The maximum Gasteiger partial charge on any atom is 0.235 e. The minimum atomic E-state index is -0.0945. The zero-order chi connectivity index (χ0) is 15.5. The van der Waals surface area contributed by atoms with Crippen LogP contribution in [0.3, 0.4) is 0 Å². The van der Waals surface area contributed by atoms with E-state index in [1.807, 2.05) is 53.0 Å². The average molecular weight is 339 g/mol. The van der Waals surface area contributed by atoms with Crippen molar-refractivity contribution in [3.05, 3.63) is 41.7 Å². The number of nitrogens with one attached hydrogen (secondary N) is 2. The molecule has 1 aromatic carbocycles. The first kappa shape index (κ1) is 15.5. The zero-order valence-corrected chi connectivity index (χ0v) is 13.9. The predicted octanol–water partition coefficient (Wildman–Crippen LogP) is 3.06. The Labute approximate surface area is 139 Å². The van der Waals surface area contributed by atoms with Gasteiger partial charge in [0, 0.05) is 23.5 Å². The van der Waals surface area contributed by atoms with Gasteiger partial charge in [-0.15, -0.1) is 5.53 Å². The summed E-state index contributed by atoms with van der Waals surface area (Å²) in [6.07, 6.45) is 6.84. The van der Waals surface area contributed by atoms with Crippen molar-refractivity contribution in [2.45, 2.75) is 37.5 Å². The standard InChI is InChI=1S/C15H19ClN4OS/c1-2-14(15(21)17-12-5-6-12)22-20-10-9-19(18-20)13-7-3-11(16)4-8-13/h3-4,7-10,12,14,18H,2,5-6H2,1H3,(H,17,21). The number of hydrogen-bond donors (Lipinski definition) is 2. The molecule has 1 fully saturated rings. The van der Waals surface area contributed by atoms with E-state index in [2.05, 4.69) is 10.9 Å². The lowest BCUT2D eigenvalue weighted by atomic mass is 10.3. The van der Waals surface area contributed by atoms with E-state index < -0.39 is 0 Å². The fourth-order valence-corrected chi connectivity index (χ4v) is 3.04. The Morgan fingerprint density at radius 1 is 1.41 bits per heavy atom. The van der Waals surface area contributed by atoms with Gasteiger partial charge in [0.25, 0.3) is 0 Å². The molecule has 1 unspecified atom stereocenters. The molecule has 2 aliphatic rings. The molecule has 0 bridgehead atoms. The van der Waals surface area contributed by atoms with E-state index in [0.29, 0.717) is 11.1 Å². The Morgan fingerprint density at radius 3 is 2.77 bits per heavy atom. The van der Waals surface area contributed by atoms with Crippen molar-refractivity contribution in [3.8, 4) is 0 Å². The second kappa shape index (κ2) is 6.81. The van der Waals surface area contributed by atoms with Gasteiger partial charge >= 0.3 is 0 Å². The lowest BCUT2D eigenvalue weighted by Crippen LogP contribution is -2.40. The summed E-state index contributed by atoms with van der Waals surface area (Å²) in [7, 11) is 0. The van der Waals surface area contributed by atoms with E-state index in [1.54, 1.807) is 0 Å². The summed E-state index contributed by atoms with van der Waals surface area (Å²) >= 11 is 7.39. The van der Waals surface area contributed by atoms with Gasteiger partial charge in [-0.1, -0.05) is 18.5 Å². The molecule has 3 rings (SSSR count). The monoisotopic (exact) mass is 338 g/mol. The first-order valence-electron chi connectivity index (χ1n) is 7.41. The molecular weight excluding hydrogens is 320 g/mol. The maximum absolute atomic E-state index is 12.2. The summed E-state index contributed by atoms with van der Waals surface area (Å²) in [6, 6.07) is 7.96. The molecule has 7 heteroatoms. The highest BCUT2D eigenvalue weighted by atomic mass is 35.5. The molecule has 2 N–H and O–H groups in total. The first-order valence-corrected chi connectivity index (χ1v) is 8.63. The Hall–Kier alpha value is -1.37. The number of carbonyl (C=O) groups excluding carboxylic acids is 1. The zero-order valence-electron chi connectivity index (χ0n) is 12.3. The van der Waals surface area contributed by atoms with Crippen molar-refractivity contribution in [3.63, 3.8) is 0 Å². The van der Waals surface area contributed by atoms with Gasteiger partial charge in [0.15, 0.2) is 0 Å². The molecule has 1 aromatic rings. The highest BCUT2D eigenvalue weighted by Crippen LogP contribution is 2.26. The van der Waals surface area contributed by atoms with Crippen molar-refractivity contribution in [1.82, 2.24) is 15.3 Å². The predicted molar refractivity (Wildman–Crippen MR) is 90.9 cm³/mol. The molecule has 5 nitrogen and oxygen atoms in total. The molecular formula is C15H19ClN4OS. The Kier molecular flexibility index (Phi) is 4.81. The Morgan fingerprint density at radius 2 is 2.14 bits per heavy atom. The quantitative estimate of drug-likeness (QED) is 0.781. The van der Waals surface area contributed by atoms with Crippen LogP contribution in [0.4, 0.5) is 5.69 Å². The van der Waals surface area contributed by atoms with Crippen LogP contribution in [0.2, 0.25) is 5.02 Å². The second-order valence-corrected chi connectivity index (χ2v) is 6.97. The highest BCUT2D eigenvalue weighted by molar-refractivity contribution is 7.98. The van der Waals surface area contributed by atoms with Crippen molar-refractivity contribution in [2.24, 2.45) is 0 Å². The molecule has 118 valence electrons. The van der Waals surface area contributed by atoms with Gasteiger partial charge in [0.2, 0.25) is 5.91 Å². The van der Waals surface area contributed by atoms with Crippen molar-refractivity contribution in [2.75, 3.05) is 5.01 Å². The maximum atomic E-state index is 12.2. The van der Waals surface area contributed by atoms with Crippen LogP contribution in [-0.4, -0.2) is 21.6 Å². The molecule has 1 atom stereocenters. The van der Waals surface area contributed by atoms with E-state index in [0.717, 1.165) is 24.9 Å². The topological polar surface area (TPSA) is 47.6 Å². The largest absolute Gasteiger partial charge is 0.352 e. The van der Waals surface area contributed by atoms with Gasteiger partial charge in [-0.25, -0.2) is 4.41 Å². The second-order valence-electron chi connectivity index (χ2n) is 5.36. The van der Waals surface area contributed by atoms with E-state index in [4.69, 9.17) is 11.6 Å². The third-order valence-corrected chi connectivity index (χ3v) is 4.97. The van der Waals surface area contributed by atoms with E-state index in [1.165, 1.54) is 11.9 Å². The fraction of sp³-hybridized carbons (Fsp3) is 0.400. The number of benzene rings is 1. The summed E-state index contributed by atoms with van der Waals surface area (Å²) < 4.78 is 1.86. The fourth-order valence-electron chi connectivity index (χ4n) is 2.07. The SMILES string of the molecule is CCC(SN1C=CN(c2ccc(Cl)cc2)N1)C(=O)NC1CC1. The molecule has 1 heterocycles. The molecule has 0 aromatic heterocycles. The van der Waals surface area contributed by atoms with Crippen LogP contribution in [0.1, 0.15) is 26.2 Å². The highest BCUT2D eigenvalue weighted by Gasteiger charge is 2.29. The van der Waals surface area contributed by atoms with Gasteiger partial charge in [-0.2, -0.15) is 0 Å². The number of halogens is 1. The molecule has 1 aliphatic carbocycles.